The summed E-state index contributed by atoms with van der Waals surface area (Å²) in [6, 6.07) is 86.4. The Morgan fingerprint density at radius 1 is 0.183 bits per heavy atom. The fourth-order valence-electron chi connectivity index (χ4n) is 10.0. The van der Waals surface area contributed by atoms with Crippen LogP contribution in [0.2, 0.25) is 0 Å². The third-order valence-corrected chi connectivity index (χ3v) is 14.4. The molecule has 82 heavy (non-hydrogen) atoms. The first-order valence-electron chi connectivity index (χ1n) is 28.1. The van der Waals surface area contributed by atoms with Gasteiger partial charge >= 0.3 is 0 Å². The Balaban J connectivity index is 0.781. The molecule has 10 rings (SSSR count). The number of anilines is 6. The van der Waals surface area contributed by atoms with Crippen LogP contribution in [-0.2, 0) is 0 Å². The maximum atomic E-state index is 2.37. The first kappa shape index (κ1) is 55.1. The van der Waals surface area contributed by atoms with Crippen LogP contribution >= 0.6 is 0 Å². The zero-order valence-corrected chi connectivity index (χ0v) is 47.2. The number of benzene rings is 10. The van der Waals surface area contributed by atoms with Crippen molar-refractivity contribution in [3.05, 3.63) is 357 Å². The lowest BCUT2D eigenvalue weighted by Crippen LogP contribution is -2.12. The highest BCUT2D eigenvalue weighted by atomic mass is 15.2. The largest absolute Gasteiger partial charge is 0.310 e. The lowest BCUT2D eigenvalue weighted by molar-refractivity contribution is 1.22. The molecule has 0 bridgehead atoms. The standard InChI is InChI=1S/C80H68N2/c1-61-19-17-20-62(2)79(61)81(77-57-49-73(50-58-77)43-41-71-37-33-67(34-38-71)29-13-11-27-65-23-7-5-8-24-65)75-53-45-69(46-54-75)31-15-16-32-70-47-55-76(56-48-70)82(80-63(3)21-18-22-64(80)4)78-59-51-74(52-60-78)44-42-72-39-35-68(36-40-72)30-14-12-28-66-25-9-6-10-26-66/h5-60H,1-4H3/b27-11+,28-12+,29-13+,30-14+,31-15+,32-16+,43-41+,44-42+. The van der Waals surface area contributed by atoms with Gasteiger partial charge in [-0.25, -0.2) is 0 Å². The first-order valence-corrected chi connectivity index (χ1v) is 28.1. The van der Waals surface area contributed by atoms with E-state index in [0.29, 0.717) is 0 Å². The van der Waals surface area contributed by atoms with Gasteiger partial charge in [-0.2, -0.15) is 0 Å². The summed E-state index contributed by atoms with van der Waals surface area (Å²) >= 11 is 0. The van der Waals surface area contributed by atoms with E-state index in [9.17, 15) is 0 Å². The van der Waals surface area contributed by atoms with Gasteiger partial charge in [-0.05, 0) is 154 Å². The second-order valence-corrected chi connectivity index (χ2v) is 20.5. The summed E-state index contributed by atoms with van der Waals surface area (Å²) < 4.78 is 0. The van der Waals surface area contributed by atoms with Gasteiger partial charge in [-0.3, -0.25) is 0 Å². The summed E-state index contributed by atoms with van der Waals surface area (Å²) in [7, 11) is 0. The molecule has 0 aromatic heterocycles. The van der Waals surface area contributed by atoms with Crippen molar-refractivity contribution in [1.82, 2.24) is 0 Å². The molecule has 0 aliphatic heterocycles. The third kappa shape index (κ3) is 14.9. The maximum absolute atomic E-state index is 2.37. The molecule has 0 fully saturated rings. The van der Waals surface area contributed by atoms with Crippen LogP contribution in [0.3, 0.4) is 0 Å². The number of rotatable bonds is 19. The zero-order chi connectivity index (χ0) is 56.3. The highest BCUT2D eigenvalue weighted by Gasteiger charge is 2.18. The van der Waals surface area contributed by atoms with Crippen LogP contribution in [0.5, 0.6) is 0 Å². The molecule has 0 saturated carbocycles. The number of nitrogens with zero attached hydrogens (tertiary/aromatic N) is 2. The molecule has 2 nitrogen and oxygen atoms in total. The number of aryl methyl sites for hydroxylation is 4. The van der Waals surface area contributed by atoms with E-state index in [-0.39, 0.29) is 0 Å². The molecular formula is C80H68N2. The summed E-state index contributed by atoms with van der Waals surface area (Å²) in [4.78, 5) is 4.75. The van der Waals surface area contributed by atoms with Gasteiger partial charge in [-0.1, -0.05) is 291 Å². The molecule has 0 unspecified atom stereocenters. The van der Waals surface area contributed by atoms with E-state index in [4.69, 9.17) is 0 Å². The third-order valence-electron chi connectivity index (χ3n) is 14.4. The topological polar surface area (TPSA) is 6.48 Å². The fourth-order valence-corrected chi connectivity index (χ4v) is 10.0. The zero-order valence-electron chi connectivity index (χ0n) is 47.2. The monoisotopic (exact) mass is 1060 g/mol. The van der Waals surface area contributed by atoms with Crippen molar-refractivity contribution in [3.8, 4) is 0 Å². The summed E-state index contributed by atoms with van der Waals surface area (Å²) in [5, 5.41) is 0. The summed E-state index contributed by atoms with van der Waals surface area (Å²) in [5.74, 6) is 0. The Morgan fingerprint density at radius 3 is 0.585 bits per heavy atom. The van der Waals surface area contributed by atoms with E-state index >= 15 is 0 Å². The number of para-hydroxylation sites is 2. The molecule has 0 heterocycles. The van der Waals surface area contributed by atoms with Crippen molar-refractivity contribution >= 4 is 94.9 Å². The number of allylic oxidation sites excluding steroid dienone is 6. The quantitative estimate of drug-likeness (QED) is 0.0588. The molecular weight excluding hydrogens is 989 g/mol. The van der Waals surface area contributed by atoms with Crippen LogP contribution in [0.15, 0.2) is 279 Å². The van der Waals surface area contributed by atoms with Gasteiger partial charge in [0.1, 0.15) is 0 Å². The molecule has 0 atom stereocenters. The molecule has 0 spiro atoms. The average molecular weight is 1060 g/mol. The van der Waals surface area contributed by atoms with Gasteiger partial charge in [0.2, 0.25) is 0 Å². The van der Waals surface area contributed by atoms with Crippen LogP contribution in [-0.4, -0.2) is 0 Å². The smallest absolute Gasteiger partial charge is 0.0519 e. The van der Waals surface area contributed by atoms with Gasteiger partial charge < -0.3 is 9.80 Å². The van der Waals surface area contributed by atoms with Crippen molar-refractivity contribution in [1.29, 1.82) is 0 Å². The number of hydrogen-bond donors (Lipinski definition) is 0. The van der Waals surface area contributed by atoms with Crippen molar-refractivity contribution < 1.29 is 0 Å². The Labute approximate surface area is 486 Å². The predicted octanol–water partition coefficient (Wildman–Crippen LogP) is 22.4. The van der Waals surface area contributed by atoms with E-state index in [1.807, 2.05) is 12.1 Å². The van der Waals surface area contributed by atoms with E-state index in [1.165, 1.54) is 55.9 Å². The van der Waals surface area contributed by atoms with Crippen molar-refractivity contribution in [2.24, 2.45) is 0 Å². The lowest BCUT2D eigenvalue weighted by Gasteiger charge is -2.29. The summed E-state index contributed by atoms with van der Waals surface area (Å²) in [6.07, 6.45) is 34.1. The normalized spacial score (nSPS) is 12.0. The van der Waals surface area contributed by atoms with Crippen LogP contribution in [0.1, 0.15) is 77.9 Å². The molecule has 0 N–H and O–H groups in total. The van der Waals surface area contributed by atoms with E-state index in [2.05, 4.69) is 365 Å². The highest BCUT2D eigenvalue weighted by Crippen LogP contribution is 2.41. The Bertz CT molecular complexity index is 3620. The van der Waals surface area contributed by atoms with Crippen LogP contribution < -0.4 is 9.80 Å². The Kier molecular flexibility index (Phi) is 18.5. The van der Waals surface area contributed by atoms with E-state index in [1.54, 1.807) is 0 Å². The second kappa shape index (κ2) is 27.5. The average Bonchev–Trinajstić information content (AvgIpc) is 3.69. The van der Waals surface area contributed by atoms with Crippen LogP contribution in [0.25, 0.3) is 60.8 Å². The molecule has 0 aliphatic carbocycles. The predicted molar refractivity (Wildman–Crippen MR) is 359 cm³/mol. The minimum atomic E-state index is 1.11. The molecule has 0 saturated heterocycles. The second-order valence-electron chi connectivity index (χ2n) is 20.5. The molecule has 10 aromatic rings. The molecule has 0 radical (unpaired) electrons. The van der Waals surface area contributed by atoms with E-state index in [0.717, 1.165) is 56.1 Å². The van der Waals surface area contributed by atoms with Gasteiger partial charge in [0.05, 0.1) is 11.4 Å². The molecule has 0 aliphatic rings. The van der Waals surface area contributed by atoms with Crippen molar-refractivity contribution in [2.75, 3.05) is 9.80 Å². The molecule has 398 valence electrons. The van der Waals surface area contributed by atoms with E-state index < -0.39 is 0 Å². The van der Waals surface area contributed by atoms with Crippen molar-refractivity contribution in [2.45, 2.75) is 27.7 Å². The van der Waals surface area contributed by atoms with Gasteiger partial charge in [0.15, 0.2) is 0 Å². The first-order chi connectivity index (χ1) is 40.3. The molecule has 10 aromatic carbocycles. The SMILES string of the molecule is Cc1cccc(C)c1N(c1ccc(/C=C/C=C/c2ccc(N(c3ccc(/C=C/c4ccc(/C=C/C=C/c5ccccc5)cc4)cc3)c3c(C)cccc3C)cc2)cc1)c1ccc(/C=C/c2ccc(/C=C/C=C/c3ccccc3)cc2)cc1. The Morgan fingerprint density at radius 2 is 0.366 bits per heavy atom. The highest BCUT2D eigenvalue weighted by molar-refractivity contribution is 5.84. The minimum absolute atomic E-state index is 1.11. The Hall–Kier alpha value is -10.3. The molecule has 0 amide bonds. The van der Waals surface area contributed by atoms with Gasteiger partial charge in [0, 0.05) is 22.7 Å². The van der Waals surface area contributed by atoms with Gasteiger partial charge in [0.25, 0.3) is 0 Å². The van der Waals surface area contributed by atoms with Crippen molar-refractivity contribution in [3.63, 3.8) is 0 Å². The number of hydrogen-bond acceptors (Lipinski definition) is 2. The maximum Gasteiger partial charge on any atom is 0.0519 e. The van der Waals surface area contributed by atoms with Crippen LogP contribution in [0, 0.1) is 27.7 Å². The molecule has 2 heteroatoms. The van der Waals surface area contributed by atoms with Gasteiger partial charge in [-0.15, -0.1) is 0 Å². The summed E-state index contributed by atoms with van der Waals surface area (Å²) in [6.45, 7) is 8.77. The summed E-state index contributed by atoms with van der Waals surface area (Å²) in [5.41, 5.74) is 23.3. The lowest BCUT2D eigenvalue weighted by atomic mass is 10.0. The fraction of sp³-hybridized carbons (Fsp3) is 0.0500. The van der Waals surface area contributed by atoms with Crippen LogP contribution in [0.4, 0.5) is 34.1 Å². The minimum Gasteiger partial charge on any atom is -0.310 e.